The van der Waals surface area contributed by atoms with E-state index in [0.717, 1.165) is 5.56 Å². The standard InChI is InChI=1S/C12H14N4O3/c1-4-18-12(17)8(3)11-15-10(16-19-11)9-13-5-7(2)6-14-9/h5-6,8H,4H2,1-3H3. The number of carbonyl (C=O) groups excluding carboxylic acids is 1. The number of esters is 1. The van der Waals surface area contributed by atoms with Crippen molar-refractivity contribution in [1.29, 1.82) is 0 Å². The molecule has 0 N–H and O–H groups in total. The summed E-state index contributed by atoms with van der Waals surface area (Å²) in [5.74, 6) is -0.199. The van der Waals surface area contributed by atoms with E-state index >= 15 is 0 Å². The fourth-order valence-corrected chi connectivity index (χ4v) is 1.38. The van der Waals surface area contributed by atoms with E-state index in [4.69, 9.17) is 9.26 Å². The monoisotopic (exact) mass is 262 g/mol. The van der Waals surface area contributed by atoms with Crippen LogP contribution in [0, 0.1) is 6.92 Å². The second kappa shape index (κ2) is 5.55. The predicted molar refractivity (Wildman–Crippen MR) is 65.1 cm³/mol. The van der Waals surface area contributed by atoms with Crippen molar-refractivity contribution in [2.24, 2.45) is 0 Å². The van der Waals surface area contributed by atoms with Gasteiger partial charge in [-0.3, -0.25) is 4.79 Å². The predicted octanol–water partition coefficient (Wildman–Crippen LogP) is 1.50. The molecule has 0 aliphatic carbocycles. The summed E-state index contributed by atoms with van der Waals surface area (Å²) < 4.78 is 9.93. The first-order valence-corrected chi connectivity index (χ1v) is 5.91. The van der Waals surface area contributed by atoms with Gasteiger partial charge in [0, 0.05) is 12.4 Å². The summed E-state index contributed by atoms with van der Waals surface area (Å²) in [4.78, 5) is 23.8. The van der Waals surface area contributed by atoms with Crippen molar-refractivity contribution in [3.63, 3.8) is 0 Å². The minimum atomic E-state index is -0.605. The van der Waals surface area contributed by atoms with E-state index in [1.807, 2.05) is 6.92 Å². The van der Waals surface area contributed by atoms with Crippen LogP contribution in [0.5, 0.6) is 0 Å². The summed E-state index contributed by atoms with van der Waals surface area (Å²) in [6.07, 6.45) is 3.32. The van der Waals surface area contributed by atoms with E-state index in [9.17, 15) is 4.79 Å². The maximum absolute atomic E-state index is 11.6. The van der Waals surface area contributed by atoms with Crippen molar-refractivity contribution >= 4 is 5.97 Å². The third-order valence-corrected chi connectivity index (χ3v) is 2.43. The molecule has 100 valence electrons. The van der Waals surface area contributed by atoms with Crippen LogP contribution >= 0.6 is 0 Å². The third-order valence-electron chi connectivity index (χ3n) is 2.43. The highest BCUT2D eigenvalue weighted by molar-refractivity contribution is 5.76. The summed E-state index contributed by atoms with van der Waals surface area (Å²) in [5.41, 5.74) is 0.937. The van der Waals surface area contributed by atoms with Gasteiger partial charge in [-0.2, -0.15) is 4.98 Å². The van der Waals surface area contributed by atoms with E-state index in [1.165, 1.54) is 0 Å². The van der Waals surface area contributed by atoms with Crippen molar-refractivity contribution in [3.05, 3.63) is 23.8 Å². The van der Waals surface area contributed by atoms with Gasteiger partial charge in [0.25, 0.3) is 0 Å². The quantitative estimate of drug-likeness (QED) is 0.771. The van der Waals surface area contributed by atoms with E-state index < -0.39 is 11.9 Å². The number of hydrogen-bond donors (Lipinski definition) is 0. The third kappa shape index (κ3) is 2.93. The largest absolute Gasteiger partial charge is 0.465 e. The molecular weight excluding hydrogens is 248 g/mol. The summed E-state index contributed by atoms with van der Waals surface area (Å²) in [6.45, 7) is 5.58. The summed E-state index contributed by atoms with van der Waals surface area (Å²) in [7, 11) is 0. The zero-order valence-corrected chi connectivity index (χ0v) is 11.0. The highest BCUT2D eigenvalue weighted by atomic mass is 16.5. The van der Waals surface area contributed by atoms with Crippen molar-refractivity contribution in [2.75, 3.05) is 6.61 Å². The van der Waals surface area contributed by atoms with Gasteiger partial charge in [-0.25, -0.2) is 9.97 Å². The minimum Gasteiger partial charge on any atom is -0.465 e. The van der Waals surface area contributed by atoms with Crippen LogP contribution in [0.3, 0.4) is 0 Å². The SMILES string of the molecule is CCOC(=O)C(C)c1nc(-c2ncc(C)cn2)no1. The molecule has 2 rings (SSSR count). The Morgan fingerprint density at radius 2 is 2.05 bits per heavy atom. The maximum atomic E-state index is 11.6. The van der Waals surface area contributed by atoms with Gasteiger partial charge in [0.2, 0.25) is 17.5 Å². The number of carbonyl (C=O) groups is 1. The fraction of sp³-hybridized carbons (Fsp3) is 0.417. The molecule has 0 fully saturated rings. The van der Waals surface area contributed by atoms with Crippen molar-refractivity contribution in [3.8, 4) is 11.6 Å². The number of ether oxygens (including phenoxy) is 1. The van der Waals surface area contributed by atoms with Gasteiger partial charge in [-0.15, -0.1) is 0 Å². The molecule has 7 heteroatoms. The van der Waals surface area contributed by atoms with Crippen LogP contribution < -0.4 is 0 Å². The molecule has 2 aromatic rings. The Hall–Kier alpha value is -2.31. The minimum absolute atomic E-state index is 0.192. The second-order valence-electron chi connectivity index (χ2n) is 4.01. The lowest BCUT2D eigenvalue weighted by atomic mass is 10.2. The summed E-state index contributed by atoms with van der Waals surface area (Å²) in [5, 5.41) is 3.76. The van der Waals surface area contributed by atoms with E-state index in [2.05, 4.69) is 20.1 Å². The van der Waals surface area contributed by atoms with E-state index in [-0.39, 0.29) is 11.7 Å². The molecule has 0 amide bonds. The molecule has 0 saturated heterocycles. The zero-order chi connectivity index (χ0) is 13.8. The molecule has 0 aliphatic heterocycles. The molecule has 0 saturated carbocycles. The Balaban J connectivity index is 2.19. The highest BCUT2D eigenvalue weighted by Gasteiger charge is 2.23. The molecule has 1 atom stereocenters. The average Bonchev–Trinajstić information content (AvgIpc) is 2.88. The van der Waals surface area contributed by atoms with Crippen LogP contribution in [-0.2, 0) is 9.53 Å². The lowest BCUT2D eigenvalue weighted by Gasteiger charge is -2.04. The molecule has 2 aromatic heterocycles. The van der Waals surface area contributed by atoms with Crippen LogP contribution in [0.4, 0.5) is 0 Å². The molecule has 19 heavy (non-hydrogen) atoms. The smallest absolute Gasteiger partial charge is 0.318 e. The average molecular weight is 262 g/mol. The first-order chi connectivity index (χ1) is 9.11. The molecule has 2 heterocycles. The molecule has 0 aromatic carbocycles. The van der Waals surface area contributed by atoms with Crippen LogP contribution in [-0.4, -0.2) is 32.7 Å². The highest BCUT2D eigenvalue weighted by Crippen LogP contribution is 2.18. The van der Waals surface area contributed by atoms with Crippen molar-refractivity contribution < 1.29 is 14.1 Å². The molecule has 0 bridgehead atoms. The molecule has 0 aliphatic rings. The van der Waals surface area contributed by atoms with E-state index in [1.54, 1.807) is 26.2 Å². The summed E-state index contributed by atoms with van der Waals surface area (Å²) in [6, 6.07) is 0. The zero-order valence-electron chi connectivity index (χ0n) is 11.0. The number of nitrogens with zero attached hydrogens (tertiary/aromatic N) is 4. The van der Waals surface area contributed by atoms with Crippen LogP contribution in [0.2, 0.25) is 0 Å². The number of aryl methyl sites for hydroxylation is 1. The van der Waals surface area contributed by atoms with Gasteiger partial charge in [0.1, 0.15) is 5.92 Å². The first kappa shape index (κ1) is 13.1. The van der Waals surface area contributed by atoms with Gasteiger partial charge >= 0.3 is 5.97 Å². The lowest BCUT2D eigenvalue weighted by molar-refractivity contribution is -0.145. The van der Waals surface area contributed by atoms with Gasteiger partial charge in [-0.1, -0.05) is 5.16 Å². The van der Waals surface area contributed by atoms with Gasteiger partial charge < -0.3 is 9.26 Å². The van der Waals surface area contributed by atoms with Gasteiger partial charge in [-0.05, 0) is 26.3 Å². The van der Waals surface area contributed by atoms with Gasteiger partial charge in [0.05, 0.1) is 6.61 Å². The number of hydrogen-bond acceptors (Lipinski definition) is 7. The van der Waals surface area contributed by atoms with Crippen LogP contribution in [0.25, 0.3) is 11.6 Å². The maximum Gasteiger partial charge on any atom is 0.318 e. The number of aromatic nitrogens is 4. The Morgan fingerprint density at radius 3 is 2.68 bits per heavy atom. The topological polar surface area (TPSA) is 91.0 Å². The summed E-state index contributed by atoms with van der Waals surface area (Å²) >= 11 is 0. The lowest BCUT2D eigenvalue weighted by Crippen LogP contribution is -2.13. The Labute approximate surface area is 110 Å². The van der Waals surface area contributed by atoms with Crippen LogP contribution in [0.1, 0.15) is 31.2 Å². The molecule has 0 radical (unpaired) electrons. The van der Waals surface area contributed by atoms with Gasteiger partial charge in [0.15, 0.2) is 0 Å². The second-order valence-corrected chi connectivity index (χ2v) is 4.01. The molecule has 0 spiro atoms. The molecule has 1 unspecified atom stereocenters. The van der Waals surface area contributed by atoms with Crippen LogP contribution in [0.15, 0.2) is 16.9 Å². The normalized spacial score (nSPS) is 12.2. The molecule has 7 nitrogen and oxygen atoms in total. The Kier molecular flexibility index (Phi) is 3.84. The first-order valence-electron chi connectivity index (χ1n) is 5.91. The Morgan fingerprint density at radius 1 is 1.37 bits per heavy atom. The van der Waals surface area contributed by atoms with E-state index in [0.29, 0.717) is 12.4 Å². The van der Waals surface area contributed by atoms with Crippen molar-refractivity contribution in [2.45, 2.75) is 26.7 Å². The Bertz CT molecular complexity index is 565. The van der Waals surface area contributed by atoms with Crippen molar-refractivity contribution in [1.82, 2.24) is 20.1 Å². The fourth-order valence-electron chi connectivity index (χ4n) is 1.38. The molecular formula is C12H14N4O3. The number of rotatable bonds is 4.